The maximum atomic E-state index is 10.9. The fraction of sp³-hybridized carbons (Fsp3) is 0.333. The minimum absolute atomic E-state index is 1.03. The zero-order valence-electron chi connectivity index (χ0n) is 3.63. The molecule has 0 saturated carbocycles. The van der Waals surface area contributed by atoms with Gasteiger partial charge in [0.25, 0.3) is 0 Å². The summed E-state index contributed by atoms with van der Waals surface area (Å²) in [6, 6.07) is 0. The molecule has 0 unspecified atom stereocenters. The van der Waals surface area contributed by atoms with Gasteiger partial charge in [0.05, 0.1) is 0 Å². The Morgan fingerprint density at radius 2 is 1.71 bits per heavy atom. The Kier molecular flexibility index (Phi) is 2.29. The van der Waals surface area contributed by atoms with Crippen LogP contribution in [0.2, 0.25) is 0 Å². The normalized spacial score (nSPS) is 9.86. The van der Waals surface area contributed by atoms with Crippen molar-refractivity contribution in [3.63, 3.8) is 0 Å². The third-order valence-electron chi connectivity index (χ3n) is 0.267. The van der Waals surface area contributed by atoms with Gasteiger partial charge < -0.3 is 0 Å². The van der Waals surface area contributed by atoms with Gasteiger partial charge in [0.1, 0.15) is 0 Å². The molecule has 0 rings (SSSR count). The summed E-state index contributed by atoms with van der Waals surface area (Å²) in [7, 11) is 0. The monoisotopic (exact) mass is 100 g/mol. The maximum absolute atomic E-state index is 10.9. The summed E-state index contributed by atoms with van der Waals surface area (Å²) in [5.74, 6) is 1.03. The molecule has 0 aliphatic rings. The summed E-state index contributed by atoms with van der Waals surface area (Å²) in [5, 5.41) is 0. The quantitative estimate of drug-likeness (QED) is 0.310. The van der Waals surface area contributed by atoms with Gasteiger partial charge >= 0.3 is 47.6 Å². The summed E-state index contributed by atoms with van der Waals surface area (Å²) >= 11 is 1.15. The van der Waals surface area contributed by atoms with E-state index >= 15 is 0 Å². The number of hydrogen-bond acceptors (Lipinski definition) is 0. The van der Waals surface area contributed by atoms with Crippen LogP contribution >= 0.6 is 0 Å². The molecule has 0 N–H and O–H groups in total. The molecule has 0 atom stereocenters. The molecule has 0 radical (unpaired) electrons. The molecule has 0 bridgehead atoms. The predicted molar refractivity (Wildman–Crippen MR) is 19.6 cm³/mol. The molecule has 0 spiro atoms. The van der Waals surface area contributed by atoms with E-state index in [1.165, 1.54) is 0 Å². The van der Waals surface area contributed by atoms with E-state index in [0.717, 1.165) is 23.6 Å². The molecular weight excluding hydrogens is 100.0 g/mol. The second-order valence-electron chi connectivity index (χ2n) is 0.873. The number of alkyl halides is 3. The molecule has 4 heteroatoms. The van der Waals surface area contributed by atoms with E-state index < -0.39 is 6.18 Å². The second kappa shape index (κ2) is 2.30. The second-order valence-corrected chi connectivity index (χ2v) is 0.873. The van der Waals surface area contributed by atoms with Crippen molar-refractivity contribution in [1.82, 2.24) is 0 Å². The zero-order chi connectivity index (χ0) is 5.91. The van der Waals surface area contributed by atoms with Gasteiger partial charge in [0.2, 0.25) is 0 Å². The van der Waals surface area contributed by atoms with Gasteiger partial charge in [-0.1, -0.05) is 0 Å². The number of hydrogen-bond donors (Lipinski definition) is 0. The van der Waals surface area contributed by atoms with Gasteiger partial charge in [-0.05, 0) is 0 Å². The van der Waals surface area contributed by atoms with E-state index in [1.807, 2.05) is 0 Å². The van der Waals surface area contributed by atoms with E-state index in [2.05, 4.69) is 0 Å². The van der Waals surface area contributed by atoms with Crippen molar-refractivity contribution in [2.45, 2.75) is 6.18 Å². The molecule has 0 heterocycles. The number of halogens is 3. The van der Waals surface area contributed by atoms with Gasteiger partial charge in [-0.15, -0.1) is 0 Å². The SMILES string of the molecule is [Li][C]#CC(F)(F)F. The third kappa shape index (κ3) is 5.95. The van der Waals surface area contributed by atoms with Crippen LogP contribution in [0.25, 0.3) is 0 Å². The molecule has 34 valence electrons. The Labute approximate surface area is 48.3 Å². The van der Waals surface area contributed by atoms with Crippen LogP contribution in [0.15, 0.2) is 0 Å². The Balaban J connectivity index is 3.72. The molecule has 0 aromatic rings. The average molecular weight is 100.0 g/mol. The van der Waals surface area contributed by atoms with E-state index in [-0.39, 0.29) is 0 Å². The van der Waals surface area contributed by atoms with Gasteiger partial charge in [0, 0.05) is 0 Å². The van der Waals surface area contributed by atoms with Gasteiger partial charge in [-0.2, -0.15) is 0 Å². The van der Waals surface area contributed by atoms with E-state index in [0.29, 0.717) is 0 Å². The van der Waals surface area contributed by atoms with Crippen LogP contribution in [-0.4, -0.2) is 23.9 Å². The van der Waals surface area contributed by atoms with Gasteiger partial charge in [0.15, 0.2) is 0 Å². The van der Waals surface area contributed by atoms with Crippen LogP contribution in [0.4, 0.5) is 13.2 Å². The van der Waals surface area contributed by atoms with Crippen LogP contribution in [0.3, 0.4) is 0 Å². The van der Waals surface area contributed by atoms with Gasteiger partial charge in [-0.25, -0.2) is 0 Å². The van der Waals surface area contributed by atoms with E-state index in [4.69, 9.17) is 0 Å². The molecule has 7 heavy (non-hydrogen) atoms. The van der Waals surface area contributed by atoms with Crippen molar-refractivity contribution in [1.29, 1.82) is 0 Å². The molecule has 0 aromatic carbocycles. The third-order valence-corrected chi connectivity index (χ3v) is 0.267. The van der Waals surface area contributed by atoms with Crippen molar-refractivity contribution >= 4 is 17.7 Å². The predicted octanol–water partition coefficient (Wildman–Crippen LogP) is 0.678. The summed E-state index contributed by atoms with van der Waals surface area (Å²) in [6.45, 7) is 0. The Bertz CT molecular complexity index is 104. The molecule has 0 fully saturated rings. The van der Waals surface area contributed by atoms with E-state index in [9.17, 15) is 13.2 Å². The first-order valence-corrected chi connectivity index (χ1v) is 1.57. The fourth-order valence-electron chi connectivity index (χ4n) is 0.142. The Morgan fingerprint density at radius 1 is 1.29 bits per heavy atom. The Morgan fingerprint density at radius 3 is 1.71 bits per heavy atom. The molecule has 0 aromatic heterocycles. The molecule has 0 aliphatic heterocycles. The summed E-state index contributed by atoms with van der Waals surface area (Å²) in [4.78, 5) is 0. The van der Waals surface area contributed by atoms with Crippen molar-refractivity contribution < 1.29 is 13.2 Å². The number of rotatable bonds is 0. The molecule has 0 saturated heterocycles. The fourth-order valence-corrected chi connectivity index (χ4v) is 0.142. The summed E-state index contributed by atoms with van der Waals surface area (Å²) in [5.41, 5.74) is 0. The van der Waals surface area contributed by atoms with Crippen LogP contribution in [-0.2, 0) is 0 Å². The van der Waals surface area contributed by atoms with Crippen molar-refractivity contribution in [2.24, 2.45) is 0 Å². The topological polar surface area (TPSA) is 0 Å². The van der Waals surface area contributed by atoms with Crippen molar-refractivity contribution in [3.8, 4) is 10.5 Å². The first-order valence-electron chi connectivity index (χ1n) is 1.57. The molecule has 0 nitrogen and oxygen atoms in total. The molecule has 0 amide bonds. The first kappa shape index (κ1) is 6.95. The Hall–Kier alpha value is -0.0526. The standard InChI is InChI=1S/C3F3.Li/c1-2-3(4,5)6;. The van der Waals surface area contributed by atoms with E-state index in [1.54, 1.807) is 4.59 Å². The zero-order valence-corrected chi connectivity index (χ0v) is 3.63. The van der Waals surface area contributed by atoms with Crippen LogP contribution in [0.1, 0.15) is 0 Å². The summed E-state index contributed by atoms with van der Waals surface area (Å²) < 4.78 is 34.4. The first-order chi connectivity index (χ1) is 3.06. The van der Waals surface area contributed by atoms with Crippen LogP contribution in [0, 0.1) is 10.5 Å². The average Bonchev–Trinajstić information content (AvgIpc) is 1.30. The van der Waals surface area contributed by atoms with Crippen molar-refractivity contribution in [3.05, 3.63) is 0 Å². The molecule has 0 aliphatic carbocycles. The van der Waals surface area contributed by atoms with Crippen LogP contribution < -0.4 is 0 Å². The summed E-state index contributed by atoms with van der Waals surface area (Å²) in [6.07, 6.45) is -4.31. The minimum atomic E-state index is -4.31. The molecular formula is C3F3Li. The van der Waals surface area contributed by atoms with Gasteiger partial charge in [-0.3, -0.25) is 0 Å². The van der Waals surface area contributed by atoms with Crippen molar-refractivity contribution in [2.75, 3.05) is 0 Å². The van der Waals surface area contributed by atoms with Crippen LogP contribution in [0.5, 0.6) is 0 Å².